The van der Waals surface area contributed by atoms with Crippen molar-refractivity contribution in [2.24, 2.45) is 0 Å². The maximum Gasteiger partial charge on any atom is 0.228 e. The molecule has 0 spiro atoms. The molecule has 160 valence electrons. The van der Waals surface area contributed by atoms with Crippen molar-refractivity contribution in [1.29, 1.82) is 0 Å². The van der Waals surface area contributed by atoms with Crippen LogP contribution >= 0.6 is 15.9 Å². The number of hydrogen-bond donors (Lipinski definition) is 1. The van der Waals surface area contributed by atoms with Crippen LogP contribution in [0.4, 0.5) is 5.69 Å². The smallest absolute Gasteiger partial charge is 0.228 e. The third-order valence-corrected chi connectivity index (χ3v) is 5.85. The number of benzene rings is 4. The third-order valence-electron chi connectivity index (χ3n) is 5.32. The van der Waals surface area contributed by atoms with Crippen molar-refractivity contribution in [3.05, 3.63) is 113 Å². The van der Waals surface area contributed by atoms with E-state index >= 15 is 0 Å². The number of anilines is 1. The predicted molar refractivity (Wildman–Crippen MR) is 137 cm³/mol. The number of halogens is 1. The van der Waals surface area contributed by atoms with E-state index in [4.69, 9.17) is 9.97 Å². The van der Waals surface area contributed by atoms with Crippen LogP contribution in [0, 0.1) is 0 Å². The maximum absolute atomic E-state index is 12.6. The van der Waals surface area contributed by atoms with Crippen LogP contribution in [0.3, 0.4) is 0 Å². The summed E-state index contributed by atoms with van der Waals surface area (Å²) in [5, 5.41) is 2.98. The van der Waals surface area contributed by atoms with E-state index in [-0.39, 0.29) is 5.91 Å². The topological polar surface area (TPSA) is 54.9 Å². The van der Waals surface area contributed by atoms with Crippen LogP contribution in [0.25, 0.3) is 33.5 Å². The van der Waals surface area contributed by atoms with Gasteiger partial charge in [-0.3, -0.25) is 4.79 Å². The third kappa shape index (κ3) is 4.83. The minimum Gasteiger partial charge on any atom is -0.326 e. The molecule has 4 nitrogen and oxygen atoms in total. The molecular formula is C28H20BrN3O. The van der Waals surface area contributed by atoms with Gasteiger partial charge in [-0.25, -0.2) is 9.97 Å². The predicted octanol–water partition coefficient (Wildman–Crippen LogP) is 6.91. The lowest BCUT2D eigenvalue weighted by molar-refractivity contribution is -0.115. The number of hydrogen-bond acceptors (Lipinski definition) is 3. The molecule has 33 heavy (non-hydrogen) atoms. The second-order valence-electron chi connectivity index (χ2n) is 7.71. The van der Waals surface area contributed by atoms with E-state index in [9.17, 15) is 4.79 Å². The molecule has 0 aliphatic carbocycles. The maximum atomic E-state index is 12.6. The van der Waals surface area contributed by atoms with Crippen LogP contribution in [0.15, 0.2) is 108 Å². The summed E-state index contributed by atoms with van der Waals surface area (Å²) >= 11 is 3.42. The van der Waals surface area contributed by atoms with E-state index in [1.54, 1.807) is 0 Å². The largest absolute Gasteiger partial charge is 0.326 e. The monoisotopic (exact) mass is 493 g/mol. The summed E-state index contributed by atoms with van der Waals surface area (Å²) in [6, 6.07) is 33.5. The molecule has 0 fully saturated rings. The van der Waals surface area contributed by atoms with Crippen LogP contribution < -0.4 is 5.32 Å². The van der Waals surface area contributed by atoms with Crippen LogP contribution in [-0.4, -0.2) is 15.9 Å². The van der Waals surface area contributed by atoms with E-state index in [1.165, 1.54) is 0 Å². The van der Waals surface area contributed by atoms with E-state index < -0.39 is 0 Å². The molecule has 1 amide bonds. The van der Waals surface area contributed by atoms with Gasteiger partial charge in [0.05, 0.1) is 28.8 Å². The number of aromatic nitrogens is 2. The number of nitrogens with one attached hydrogen (secondary N) is 1. The number of carbonyl (C=O) groups excluding carboxylic acids is 1. The van der Waals surface area contributed by atoms with E-state index in [2.05, 4.69) is 21.2 Å². The van der Waals surface area contributed by atoms with Gasteiger partial charge in [-0.15, -0.1) is 0 Å². The van der Waals surface area contributed by atoms with Gasteiger partial charge < -0.3 is 5.32 Å². The second-order valence-corrected chi connectivity index (χ2v) is 8.62. The zero-order chi connectivity index (χ0) is 22.6. The number of rotatable bonds is 5. The molecule has 0 aliphatic rings. The number of nitrogens with zero attached hydrogens (tertiary/aromatic N) is 2. The van der Waals surface area contributed by atoms with Crippen molar-refractivity contribution < 1.29 is 4.79 Å². The average Bonchev–Trinajstić information content (AvgIpc) is 2.85. The van der Waals surface area contributed by atoms with Gasteiger partial charge >= 0.3 is 0 Å². The molecule has 0 atom stereocenters. The standard InChI is InChI=1S/C28H20BrN3O/c29-22-13-11-19(12-14-22)17-26(33)30-23-15-16-24-25(18-23)32-28(21-9-5-2-6-10-21)27(31-24)20-7-3-1-4-8-20/h1-16,18H,17H2,(H,30,33). The summed E-state index contributed by atoms with van der Waals surface area (Å²) in [6.45, 7) is 0. The molecule has 0 radical (unpaired) electrons. The van der Waals surface area contributed by atoms with Gasteiger partial charge in [-0.1, -0.05) is 88.7 Å². The first-order chi connectivity index (χ1) is 16.2. The molecule has 0 bridgehead atoms. The summed E-state index contributed by atoms with van der Waals surface area (Å²) in [4.78, 5) is 22.5. The lowest BCUT2D eigenvalue weighted by Crippen LogP contribution is -2.14. The van der Waals surface area contributed by atoms with Gasteiger partial charge in [0.2, 0.25) is 5.91 Å². The van der Waals surface area contributed by atoms with Gasteiger partial charge in [0.1, 0.15) is 0 Å². The zero-order valence-electron chi connectivity index (χ0n) is 17.7. The minimum absolute atomic E-state index is 0.0752. The average molecular weight is 494 g/mol. The fraction of sp³-hybridized carbons (Fsp3) is 0.0357. The van der Waals surface area contributed by atoms with Crippen LogP contribution in [0.1, 0.15) is 5.56 Å². The molecule has 1 N–H and O–H groups in total. The Labute approximate surface area is 200 Å². The first-order valence-electron chi connectivity index (χ1n) is 10.6. The quantitative estimate of drug-likeness (QED) is 0.289. The van der Waals surface area contributed by atoms with Crippen molar-refractivity contribution in [2.45, 2.75) is 6.42 Å². The molecular weight excluding hydrogens is 474 g/mol. The molecule has 4 aromatic carbocycles. The number of amides is 1. The molecule has 1 heterocycles. The lowest BCUT2D eigenvalue weighted by atomic mass is 10.0. The summed E-state index contributed by atoms with van der Waals surface area (Å²) in [6.07, 6.45) is 0.305. The molecule has 0 saturated heterocycles. The molecule has 0 unspecified atom stereocenters. The SMILES string of the molecule is O=C(Cc1ccc(Br)cc1)Nc1ccc2nc(-c3ccccc3)c(-c3ccccc3)nc2c1. The first kappa shape index (κ1) is 21.0. The van der Waals surface area contributed by atoms with Crippen molar-refractivity contribution in [1.82, 2.24) is 9.97 Å². The van der Waals surface area contributed by atoms with Crippen molar-refractivity contribution in [2.75, 3.05) is 5.32 Å². The first-order valence-corrected chi connectivity index (χ1v) is 11.4. The summed E-state index contributed by atoms with van der Waals surface area (Å²) in [7, 11) is 0. The van der Waals surface area contributed by atoms with Gasteiger partial charge in [0, 0.05) is 21.3 Å². The Hall–Kier alpha value is -3.83. The van der Waals surface area contributed by atoms with Crippen molar-refractivity contribution >= 4 is 38.6 Å². The van der Waals surface area contributed by atoms with Gasteiger partial charge in [0.25, 0.3) is 0 Å². The van der Waals surface area contributed by atoms with E-state index in [0.29, 0.717) is 12.1 Å². The van der Waals surface area contributed by atoms with Crippen LogP contribution in [0.2, 0.25) is 0 Å². The van der Waals surface area contributed by atoms with E-state index in [1.807, 2.05) is 103 Å². The fourth-order valence-electron chi connectivity index (χ4n) is 3.72. The summed E-state index contributed by atoms with van der Waals surface area (Å²) in [5.41, 5.74) is 6.82. The Balaban J connectivity index is 1.50. The van der Waals surface area contributed by atoms with Gasteiger partial charge in [-0.2, -0.15) is 0 Å². The fourth-order valence-corrected chi connectivity index (χ4v) is 3.98. The number of fused-ring (bicyclic) bond motifs is 1. The van der Waals surface area contributed by atoms with Crippen molar-refractivity contribution in [3.8, 4) is 22.5 Å². The molecule has 0 aliphatic heterocycles. The normalized spacial score (nSPS) is 10.8. The zero-order valence-corrected chi connectivity index (χ0v) is 19.3. The van der Waals surface area contributed by atoms with Crippen LogP contribution in [0.5, 0.6) is 0 Å². The Kier molecular flexibility index (Phi) is 5.96. The number of carbonyl (C=O) groups is 1. The minimum atomic E-state index is -0.0752. The Morgan fingerprint density at radius 1 is 0.697 bits per heavy atom. The summed E-state index contributed by atoms with van der Waals surface area (Å²) < 4.78 is 0.990. The highest BCUT2D eigenvalue weighted by molar-refractivity contribution is 9.10. The van der Waals surface area contributed by atoms with Gasteiger partial charge in [0.15, 0.2) is 0 Å². The Bertz CT molecular complexity index is 1420. The summed E-state index contributed by atoms with van der Waals surface area (Å²) in [5.74, 6) is -0.0752. The highest BCUT2D eigenvalue weighted by atomic mass is 79.9. The highest BCUT2D eigenvalue weighted by Gasteiger charge is 2.14. The second kappa shape index (κ2) is 9.35. The molecule has 5 aromatic rings. The lowest BCUT2D eigenvalue weighted by Gasteiger charge is -2.12. The van der Waals surface area contributed by atoms with Crippen LogP contribution in [-0.2, 0) is 11.2 Å². The molecule has 5 heteroatoms. The van der Waals surface area contributed by atoms with E-state index in [0.717, 1.165) is 43.6 Å². The van der Waals surface area contributed by atoms with Crippen molar-refractivity contribution in [3.63, 3.8) is 0 Å². The highest BCUT2D eigenvalue weighted by Crippen LogP contribution is 2.31. The molecule has 5 rings (SSSR count). The molecule has 0 saturated carbocycles. The Morgan fingerprint density at radius 3 is 1.88 bits per heavy atom. The Morgan fingerprint density at radius 2 is 1.27 bits per heavy atom. The van der Waals surface area contributed by atoms with Gasteiger partial charge in [-0.05, 0) is 35.9 Å². The molecule has 1 aromatic heterocycles.